The molecule has 0 fully saturated rings. The zero-order chi connectivity index (χ0) is 19.9. The monoisotopic (exact) mass is 403 g/mol. The maximum atomic E-state index is 12.3. The molecule has 2 aromatic carbocycles. The molecule has 0 bridgehead atoms. The van der Waals surface area contributed by atoms with E-state index in [2.05, 4.69) is 9.46 Å². The summed E-state index contributed by atoms with van der Waals surface area (Å²) in [6.45, 7) is 0.107. The summed E-state index contributed by atoms with van der Waals surface area (Å²) in [5, 5.41) is 9.21. The van der Waals surface area contributed by atoms with Crippen LogP contribution in [0.3, 0.4) is 0 Å². The van der Waals surface area contributed by atoms with Gasteiger partial charge in [0.15, 0.2) is 0 Å². The van der Waals surface area contributed by atoms with Crippen molar-refractivity contribution in [1.82, 2.24) is 4.72 Å². The van der Waals surface area contributed by atoms with Gasteiger partial charge >= 0.3 is 6.36 Å². The number of aliphatic hydroxyl groups excluding tert-OH is 1. The predicted octanol–water partition coefficient (Wildman–Crippen LogP) is 3.42. The maximum absolute atomic E-state index is 12.3. The second-order valence-electron chi connectivity index (χ2n) is 5.83. The predicted molar refractivity (Wildman–Crippen MR) is 93.8 cm³/mol. The average Bonchev–Trinajstić information content (AvgIpc) is 2.61. The molecule has 2 N–H and O–H groups in total. The Labute approximate surface area is 155 Å². The Bertz CT molecular complexity index is 809. The van der Waals surface area contributed by atoms with Crippen molar-refractivity contribution in [3.05, 3.63) is 60.2 Å². The highest BCUT2D eigenvalue weighted by molar-refractivity contribution is 7.89. The fraction of sp³-hybridized carbons (Fsp3) is 0.333. The first kappa shape index (κ1) is 21.2. The van der Waals surface area contributed by atoms with Crippen molar-refractivity contribution in [3.8, 4) is 5.75 Å². The van der Waals surface area contributed by atoms with Gasteiger partial charge in [-0.15, -0.1) is 13.2 Å². The minimum absolute atomic E-state index is 0.0125. The summed E-state index contributed by atoms with van der Waals surface area (Å²) in [7, 11) is -3.86. The molecule has 1 atom stereocenters. The molecule has 2 rings (SSSR count). The number of sulfonamides is 1. The summed E-state index contributed by atoms with van der Waals surface area (Å²) in [6, 6.07) is 13.4. The standard InChI is InChI=1S/C18H20F3NO4S/c19-18(20,21)26-16-6-8-17(9-7-16)27(24,25)22-12-10-15(11-13-23)14-4-2-1-3-5-14/h1-9,15,22-23H,10-13H2/t15-/m0/s1. The Morgan fingerprint density at radius 2 is 1.63 bits per heavy atom. The first-order valence-electron chi connectivity index (χ1n) is 8.22. The lowest BCUT2D eigenvalue weighted by Gasteiger charge is -2.17. The lowest BCUT2D eigenvalue weighted by molar-refractivity contribution is -0.274. The molecule has 0 saturated carbocycles. The van der Waals surface area contributed by atoms with E-state index in [-0.39, 0.29) is 24.0 Å². The number of rotatable bonds is 9. The van der Waals surface area contributed by atoms with Crippen LogP contribution in [-0.2, 0) is 10.0 Å². The van der Waals surface area contributed by atoms with Crippen molar-refractivity contribution in [1.29, 1.82) is 0 Å². The third kappa shape index (κ3) is 6.85. The number of halogens is 3. The van der Waals surface area contributed by atoms with Crippen LogP contribution in [0, 0.1) is 0 Å². The number of nitrogens with one attached hydrogen (secondary N) is 1. The quantitative estimate of drug-likeness (QED) is 0.673. The van der Waals surface area contributed by atoms with Gasteiger partial charge in [0.05, 0.1) is 4.90 Å². The van der Waals surface area contributed by atoms with Crippen LogP contribution in [-0.4, -0.2) is 33.0 Å². The van der Waals surface area contributed by atoms with Crippen LogP contribution in [0.25, 0.3) is 0 Å². The van der Waals surface area contributed by atoms with Gasteiger partial charge in [-0.05, 0) is 48.6 Å². The zero-order valence-corrected chi connectivity index (χ0v) is 15.1. The first-order chi connectivity index (χ1) is 12.7. The molecule has 9 heteroatoms. The van der Waals surface area contributed by atoms with Crippen molar-refractivity contribution in [2.24, 2.45) is 0 Å². The molecule has 2 aromatic rings. The molecule has 0 aromatic heterocycles. The number of hydrogen-bond acceptors (Lipinski definition) is 4. The molecular formula is C18H20F3NO4S. The second kappa shape index (κ2) is 9.20. The minimum Gasteiger partial charge on any atom is -0.406 e. The molecule has 0 heterocycles. The Hall–Kier alpha value is -2.10. The Morgan fingerprint density at radius 1 is 1.00 bits per heavy atom. The zero-order valence-electron chi connectivity index (χ0n) is 14.3. The average molecular weight is 403 g/mol. The Balaban J connectivity index is 1.97. The van der Waals surface area contributed by atoms with E-state index < -0.39 is 22.1 Å². The molecule has 0 spiro atoms. The van der Waals surface area contributed by atoms with Crippen LogP contribution in [0.15, 0.2) is 59.5 Å². The molecule has 0 saturated heterocycles. The summed E-state index contributed by atoms with van der Waals surface area (Å²) >= 11 is 0. The first-order valence-corrected chi connectivity index (χ1v) is 9.71. The number of benzene rings is 2. The van der Waals surface area contributed by atoms with E-state index in [0.717, 1.165) is 29.8 Å². The molecule has 148 valence electrons. The second-order valence-corrected chi connectivity index (χ2v) is 7.59. The Kier molecular flexibility index (Phi) is 7.23. The van der Waals surface area contributed by atoms with E-state index in [0.29, 0.717) is 12.8 Å². The number of aliphatic hydroxyl groups is 1. The number of alkyl halides is 3. The maximum Gasteiger partial charge on any atom is 0.573 e. The van der Waals surface area contributed by atoms with Gasteiger partial charge in [0.2, 0.25) is 10.0 Å². The van der Waals surface area contributed by atoms with Crippen LogP contribution in [0.5, 0.6) is 5.75 Å². The van der Waals surface area contributed by atoms with E-state index in [9.17, 15) is 26.7 Å². The highest BCUT2D eigenvalue weighted by Gasteiger charge is 2.31. The van der Waals surface area contributed by atoms with E-state index in [1.807, 2.05) is 30.3 Å². The van der Waals surface area contributed by atoms with E-state index >= 15 is 0 Å². The van der Waals surface area contributed by atoms with Gasteiger partial charge in [0.1, 0.15) is 5.75 Å². The van der Waals surface area contributed by atoms with E-state index in [4.69, 9.17) is 0 Å². The third-order valence-electron chi connectivity index (χ3n) is 3.90. The van der Waals surface area contributed by atoms with Crippen molar-refractivity contribution >= 4 is 10.0 Å². The molecule has 0 radical (unpaired) electrons. The molecule has 0 amide bonds. The minimum atomic E-state index is -4.84. The van der Waals surface area contributed by atoms with Crippen molar-refractivity contribution in [2.75, 3.05) is 13.2 Å². The van der Waals surface area contributed by atoms with Crippen LogP contribution < -0.4 is 9.46 Å². The SMILES string of the molecule is O=S(=O)(NCC[C@@H](CCO)c1ccccc1)c1ccc(OC(F)(F)F)cc1. The molecule has 0 aliphatic rings. The van der Waals surface area contributed by atoms with Gasteiger partial charge in [0.25, 0.3) is 0 Å². The summed E-state index contributed by atoms with van der Waals surface area (Å²) in [6.07, 6.45) is -3.87. The van der Waals surface area contributed by atoms with Gasteiger partial charge in [-0.25, -0.2) is 13.1 Å². The van der Waals surface area contributed by atoms with Gasteiger partial charge in [0, 0.05) is 13.2 Å². The lowest BCUT2D eigenvalue weighted by Crippen LogP contribution is -2.26. The Morgan fingerprint density at radius 3 is 2.19 bits per heavy atom. The van der Waals surface area contributed by atoms with Gasteiger partial charge in [-0.2, -0.15) is 0 Å². The highest BCUT2D eigenvalue weighted by Crippen LogP contribution is 2.25. The van der Waals surface area contributed by atoms with Gasteiger partial charge in [-0.3, -0.25) is 0 Å². The summed E-state index contributed by atoms with van der Waals surface area (Å²) in [5.74, 6) is -0.505. The van der Waals surface area contributed by atoms with Crippen molar-refractivity contribution < 1.29 is 31.4 Å². The van der Waals surface area contributed by atoms with Crippen LogP contribution in [0.4, 0.5) is 13.2 Å². The largest absolute Gasteiger partial charge is 0.573 e. The summed E-state index contributed by atoms with van der Waals surface area (Å²) in [5.41, 5.74) is 0.999. The molecule has 5 nitrogen and oxygen atoms in total. The fourth-order valence-electron chi connectivity index (χ4n) is 2.63. The lowest BCUT2D eigenvalue weighted by atomic mass is 9.93. The van der Waals surface area contributed by atoms with Crippen molar-refractivity contribution in [2.45, 2.75) is 30.0 Å². The van der Waals surface area contributed by atoms with Crippen molar-refractivity contribution in [3.63, 3.8) is 0 Å². The van der Waals surface area contributed by atoms with Gasteiger partial charge < -0.3 is 9.84 Å². The van der Waals surface area contributed by atoms with E-state index in [1.165, 1.54) is 0 Å². The fourth-order valence-corrected chi connectivity index (χ4v) is 3.68. The van der Waals surface area contributed by atoms with Gasteiger partial charge in [-0.1, -0.05) is 30.3 Å². The molecule has 0 aliphatic carbocycles. The van der Waals surface area contributed by atoms with Crippen LogP contribution >= 0.6 is 0 Å². The number of ether oxygens (including phenoxy) is 1. The van der Waals surface area contributed by atoms with E-state index in [1.54, 1.807) is 0 Å². The van der Waals surface area contributed by atoms with Crippen LogP contribution in [0.2, 0.25) is 0 Å². The molecule has 0 unspecified atom stereocenters. The summed E-state index contributed by atoms with van der Waals surface area (Å²) in [4.78, 5) is -0.157. The number of hydrogen-bond donors (Lipinski definition) is 2. The topological polar surface area (TPSA) is 75.6 Å². The van der Waals surface area contributed by atoms with Crippen LogP contribution in [0.1, 0.15) is 24.3 Å². The smallest absolute Gasteiger partial charge is 0.406 e. The summed E-state index contributed by atoms with van der Waals surface area (Å²) < 4.78 is 67.2. The third-order valence-corrected chi connectivity index (χ3v) is 5.38. The molecule has 27 heavy (non-hydrogen) atoms. The molecular weight excluding hydrogens is 383 g/mol. The normalized spacial score (nSPS) is 13.3. The molecule has 0 aliphatic heterocycles. The highest BCUT2D eigenvalue weighted by atomic mass is 32.2.